The Bertz CT molecular complexity index is 1020. The smallest absolute Gasteiger partial charge is 0.0998 e. The van der Waals surface area contributed by atoms with Crippen LogP contribution in [0, 0.1) is 22.7 Å². The molecular formula is C24H14Br2N2. The lowest BCUT2D eigenvalue weighted by atomic mass is 9.99. The number of hydrogen-bond acceptors (Lipinski definition) is 2. The SMILES string of the molecule is N#CC(=Cc1ccc(Br)cc1)c1ccc(C(C#N)=Cc2ccc(Br)cc2)cc1. The predicted molar refractivity (Wildman–Crippen MR) is 122 cm³/mol. The molecule has 0 fully saturated rings. The number of benzene rings is 3. The molecule has 0 amide bonds. The van der Waals surface area contributed by atoms with E-state index < -0.39 is 0 Å². The van der Waals surface area contributed by atoms with Crippen molar-refractivity contribution in [3.63, 3.8) is 0 Å². The van der Waals surface area contributed by atoms with Crippen molar-refractivity contribution in [2.45, 2.75) is 0 Å². The highest BCUT2D eigenvalue weighted by molar-refractivity contribution is 9.10. The van der Waals surface area contributed by atoms with Gasteiger partial charge >= 0.3 is 0 Å². The fraction of sp³-hybridized carbons (Fsp3) is 0. The van der Waals surface area contributed by atoms with Gasteiger partial charge in [-0.3, -0.25) is 0 Å². The van der Waals surface area contributed by atoms with Crippen molar-refractivity contribution < 1.29 is 0 Å². The third-order valence-corrected chi connectivity index (χ3v) is 5.17. The molecule has 0 unspecified atom stereocenters. The van der Waals surface area contributed by atoms with Crippen LogP contribution in [0.25, 0.3) is 23.3 Å². The van der Waals surface area contributed by atoms with E-state index in [-0.39, 0.29) is 0 Å². The number of nitrogens with zero attached hydrogens (tertiary/aromatic N) is 2. The minimum atomic E-state index is 0.573. The van der Waals surface area contributed by atoms with Crippen molar-refractivity contribution in [1.82, 2.24) is 0 Å². The second-order valence-electron chi connectivity index (χ2n) is 6.02. The Morgan fingerprint density at radius 1 is 0.571 bits per heavy atom. The monoisotopic (exact) mass is 488 g/mol. The zero-order chi connectivity index (χ0) is 19.9. The van der Waals surface area contributed by atoms with Gasteiger partial charge in [-0.25, -0.2) is 0 Å². The van der Waals surface area contributed by atoms with Crippen LogP contribution in [0.5, 0.6) is 0 Å². The molecule has 0 spiro atoms. The molecule has 0 aliphatic carbocycles. The minimum Gasteiger partial charge on any atom is -0.192 e. The van der Waals surface area contributed by atoms with Crippen LogP contribution in [-0.2, 0) is 0 Å². The molecule has 3 aromatic carbocycles. The van der Waals surface area contributed by atoms with E-state index in [9.17, 15) is 10.5 Å². The van der Waals surface area contributed by atoms with Crippen LogP contribution in [0.1, 0.15) is 22.3 Å². The van der Waals surface area contributed by atoms with Crippen LogP contribution in [0.3, 0.4) is 0 Å². The van der Waals surface area contributed by atoms with Crippen LogP contribution in [-0.4, -0.2) is 0 Å². The normalized spacial score (nSPS) is 11.6. The summed E-state index contributed by atoms with van der Waals surface area (Å²) in [5, 5.41) is 19.1. The maximum atomic E-state index is 9.54. The van der Waals surface area contributed by atoms with Gasteiger partial charge in [-0.2, -0.15) is 10.5 Å². The van der Waals surface area contributed by atoms with Gasteiger partial charge in [0.15, 0.2) is 0 Å². The molecule has 0 radical (unpaired) electrons. The summed E-state index contributed by atoms with van der Waals surface area (Å²) in [5.74, 6) is 0. The Hall–Kier alpha value is -2.92. The van der Waals surface area contributed by atoms with Gasteiger partial charge < -0.3 is 0 Å². The maximum absolute atomic E-state index is 9.54. The van der Waals surface area contributed by atoms with Crippen LogP contribution in [0.15, 0.2) is 81.7 Å². The molecule has 0 atom stereocenters. The average molecular weight is 490 g/mol. The quantitative estimate of drug-likeness (QED) is 0.284. The van der Waals surface area contributed by atoms with Crippen molar-refractivity contribution in [2.24, 2.45) is 0 Å². The number of hydrogen-bond donors (Lipinski definition) is 0. The van der Waals surface area contributed by atoms with Crippen molar-refractivity contribution in [3.8, 4) is 12.1 Å². The van der Waals surface area contributed by atoms with Crippen LogP contribution < -0.4 is 0 Å². The van der Waals surface area contributed by atoms with Gasteiger partial charge in [0.2, 0.25) is 0 Å². The average Bonchev–Trinajstić information content (AvgIpc) is 2.73. The van der Waals surface area contributed by atoms with Crippen LogP contribution in [0.4, 0.5) is 0 Å². The summed E-state index contributed by atoms with van der Waals surface area (Å²) in [5.41, 5.74) is 4.69. The summed E-state index contributed by atoms with van der Waals surface area (Å²) in [7, 11) is 0. The molecule has 3 aromatic rings. The van der Waals surface area contributed by atoms with E-state index >= 15 is 0 Å². The zero-order valence-corrected chi connectivity index (χ0v) is 17.9. The second-order valence-corrected chi connectivity index (χ2v) is 7.85. The molecule has 0 bridgehead atoms. The van der Waals surface area contributed by atoms with E-state index in [0.717, 1.165) is 31.2 Å². The first-order chi connectivity index (χ1) is 13.6. The standard InChI is InChI=1S/C24H14Br2N2/c25-23-9-1-17(2-10-23)13-21(15-27)19-5-7-20(8-6-19)22(16-28)14-18-3-11-24(26)12-4-18/h1-14H. The Morgan fingerprint density at radius 2 is 0.893 bits per heavy atom. The van der Waals surface area contributed by atoms with Gasteiger partial charge in [0, 0.05) is 8.95 Å². The Kier molecular flexibility index (Phi) is 6.61. The van der Waals surface area contributed by atoms with E-state index in [0.29, 0.717) is 11.1 Å². The van der Waals surface area contributed by atoms with E-state index in [1.807, 2.05) is 84.9 Å². The van der Waals surface area contributed by atoms with Crippen molar-refractivity contribution in [2.75, 3.05) is 0 Å². The van der Waals surface area contributed by atoms with Gasteiger partial charge in [0.1, 0.15) is 0 Å². The van der Waals surface area contributed by atoms with Gasteiger partial charge in [-0.05, 0) is 58.7 Å². The molecule has 2 nitrogen and oxygen atoms in total. The largest absolute Gasteiger partial charge is 0.192 e. The molecule has 0 aromatic heterocycles. The lowest BCUT2D eigenvalue weighted by Gasteiger charge is -2.04. The first kappa shape index (κ1) is 19.8. The Morgan fingerprint density at radius 3 is 1.18 bits per heavy atom. The molecule has 0 saturated heterocycles. The summed E-state index contributed by atoms with van der Waals surface area (Å²) in [4.78, 5) is 0. The lowest BCUT2D eigenvalue weighted by Crippen LogP contribution is -1.86. The zero-order valence-electron chi connectivity index (χ0n) is 14.7. The highest BCUT2D eigenvalue weighted by Gasteiger charge is 2.05. The third kappa shape index (κ3) is 5.08. The second kappa shape index (κ2) is 9.33. The van der Waals surface area contributed by atoms with Gasteiger partial charge in [-0.15, -0.1) is 0 Å². The Labute approximate surface area is 181 Å². The first-order valence-corrected chi connectivity index (χ1v) is 10.0. The number of halogens is 2. The van der Waals surface area contributed by atoms with Crippen LogP contribution >= 0.6 is 31.9 Å². The molecule has 0 heterocycles. The van der Waals surface area contributed by atoms with Gasteiger partial charge in [0.05, 0.1) is 23.3 Å². The molecule has 4 heteroatoms. The molecular weight excluding hydrogens is 476 g/mol. The summed E-state index contributed by atoms with van der Waals surface area (Å²) in [6.45, 7) is 0. The highest BCUT2D eigenvalue weighted by atomic mass is 79.9. The van der Waals surface area contributed by atoms with Crippen molar-refractivity contribution >= 4 is 55.2 Å². The molecule has 0 aliphatic heterocycles. The summed E-state index contributed by atoms with van der Waals surface area (Å²) < 4.78 is 1.99. The molecule has 0 N–H and O–H groups in total. The Balaban J connectivity index is 1.89. The summed E-state index contributed by atoms with van der Waals surface area (Å²) in [6, 6.07) is 27.6. The molecule has 28 heavy (non-hydrogen) atoms. The highest BCUT2D eigenvalue weighted by Crippen LogP contribution is 2.23. The summed E-state index contributed by atoms with van der Waals surface area (Å²) >= 11 is 6.82. The number of allylic oxidation sites excluding steroid dienone is 2. The van der Waals surface area contributed by atoms with Gasteiger partial charge in [-0.1, -0.05) is 80.4 Å². The fourth-order valence-electron chi connectivity index (χ4n) is 2.64. The first-order valence-electron chi connectivity index (χ1n) is 8.44. The van der Waals surface area contributed by atoms with Crippen molar-refractivity contribution in [1.29, 1.82) is 10.5 Å². The molecule has 3 rings (SSSR count). The van der Waals surface area contributed by atoms with E-state index in [1.54, 1.807) is 0 Å². The maximum Gasteiger partial charge on any atom is 0.0998 e. The van der Waals surface area contributed by atoms with E-state index in [1.165, 1.54) is 0 Å². The molecule has 0 aliphatic rings. The summed E-state index contributed by atoms with van der Waals surface area (Å²) in [6.07, 6.45) is 3.70. The molecule has 134 valence electrons. The van der Waals surface area contributed by atoms with E-state index in [4.69, 9.17) is 0 Å². The predicted octanol–water partition coefficient (Wildman–Crippen LogP) is 7.34. The number of rotatable bonds is 4. The minimum absolute atomic E-state index is 0.573. The molecule has 0 saturated carbocycles. The third-order valence-electron chi connectivity index (χ3n) is 4.11. The van der Waals surface area contributed by atoms with E-state index in [2.05, 4.69) is 44.0 Å². The van der Waals surface area contributed by atoms with Crippen molar-refractivity contribution in [3.05, 3.63) is 104 Å². The van der Waals surface area contributed by atoms with Gasteiger partial charge in [0.25, 0.3) is 0 Å². The van der Waals surface area contributed by atoms with Crippen LogP contribution in [0.2, 0.25) is 0 Å². The lowest BCUT2D eigenvalue weighted by molar-refractivity contribution is 1.50. The number of nitriles is 2. The fourth-order valence-corrected chi connectivity index (χ4v) is 3.17. The topological polar surface area (TPSA) is 47.6 Å².